The molecule has 0 radical (unpaired) electrons. The molecule has 1 rings (SSSR count). The van der Waals surface area contributed by atoms with E-state index in [0.29, 0.717) is 6.04 Å². The predicted octanol–water partition coefficient (Wildman–Crippen LogP) is 4.58. The number of likely N-dealkylation sites (tertiary alicyclic amines) is 1. The van der Waals surface area contributed by atoms with E-state index >= 15 is 0 Å². The Kier molecular flexibility index (Phi) is 10.4. The molecule has 1 aliphatic heterocycles. The Morgan fingerprint density at radius 3 is 2.20 bits per heavy atom. The average molecular weight is 283 g/mol. The van der Waals surface area contributed by atoms with Crippen LogP contribution in [0.2, 0.25) is 0 Å². The van der Waals surface area contributed by atoms with E-state index in [1.165, 1.54) is 83.7 Å². The highest BCUT2D eigenvalue weighted by atomic mass is 15.2. The molecule has 0 aliphatic carbocycles. The maximum atomic E-state index is 5.97. The maximum absolute atomic E-state index is 5.97. The molecule has 20 heavy (non-hydrogen) atoms. The standard InChI is InChI=1S/C18H38N2/c1-3-5-6-7-8-9-10-11-13-20-14-12-17(4-2)15-18(20)16-19/h17-18H,3-16,19H2,1-2H3. The quantitative estimate of drug-likeness (QED) is 0.562. The number of piperidine rings is 1. The molecule has 0 aromatic heterocycles. The van der Waals surface area contributed by atoms with Crippen LogP contribution in [0.25, 0.3) is 0 Å². The molecule has 0 spiro atoms. The molecule has 1 aliphatic rings. The van der Waals surface area contributed by atoms with E-state index in [1.807, 2.05) is 0 Å². The molecule has 0 amide bonds. The van der Waals surface area contributed by atoms with Gasteiger partial charge in [0, 0.05) is 12.6 Å². The van der Waals surface area contributed by atoms with Crippen LogP contribution < -0.4 is 5.73 Å². The first-order valence-electron chi connectivity index (χ1n) is 9.25. The summed E-state index contributed by atoms with van der Waals surface area (Å²) in [5.41, 5.74) is 5.97. The van der Waals surface area contributed by atoms with Gasteiger partial charge in [0.1, 0.15) is 0 Å². The van der Waals surface area contributed by atoms with Crippen molar-refractivity contribution < 1.29 is 0 Å². The Labute approximate surface area is 127 Å². The van der Waals surface area contributed by atoms with E-state index in [9.17, 15) is 0 Å². The van der Waals surface area contributed by atoms with Gasteiger partial charge in [-0.25, -0.2) is 0 Å². The molecular formula is C18H38N2. The molecular weight excluding hydrogens is 244 g/mol. The van der Waals surface area contributed by atoms with Gasteiger partial charge in [-0.05, 0) is 38.3 Å². The van der Waals surface area contributed by atoms with Crippen molar-refractivity contribution in [1.82, 2.24) is 4.90 Å². The lowest BCUT2D eigenvalue weighted by molar-refractivity contribution is 0.112. The minimum absolute atomic E-state index is 0.665. The first-order valence-corrected chi connectivity index (χ1v) is 9.25. The third-order valence-electron chi connectivity index (χ3n) is 5.09. The molecule has 2 atom stereocenters. The van der Waals surface area contributed by atoms with Crippen molar-refractivity contribution in [3.8, 4) is 0 Å². The van der Waals surface area contributed by atoms with Gasteiger partial charge in [0.15, 0.2) is 0 Å². The normalized spacial score (nSPS) is 24.1. The molecule has 0 saturated carbocycles. The van der Waals surface area contributed by atoms with Crippen molar-refractivity contribution in [2.75, 3.05) is 19.6 Å². The zero-order valence-corrected chi connectivity index (χ0v) is 14.1. The fourth-order valence-corrected chi connectivity index (χ4v) is 3.54. The van der Waals surface area contributed by atoms with Crippen LogP contribution in [-0.2, 0) is 0 Å². The van der Waals surface area contributed by atoms with Crippen LogP contribution >= 0.6 is 0 Å². The van der Waals surface area contributed by atoms with Crippen LogP contribution in [0.5, 0.6) is 0 Å². The van der Waals surface area contributed by atoms with Crippen LogP contribution in [0.3, 0.4) is 0 Å². The zero-order valence-electron chi connectivity index (χ0n) is 14.1. The summed E-state index contributed by atoms with van der Waals surface area (Å²) in [5.74, 6) is 0.929. The lowest BCUT2D eigenvalue weighted by Gasteiger charge is -2.38. The number of nitrogens with two attached hydrogens (primary N) is 1. The van der Waals surface area contributed by atoms with Gasteiger partial charge in [-0.2, -0.15) is 0 Å². The highest BCUT2D eigenvalue weighted by molar-refractivity contribution is 4.81. The highest BCUT2D eigenvalue weighted by Gasteiger charge is 2.25. The van der Waals surface area contributed by atoms with Gasteiger partial charge in [0.2, 0.25) is 0 Å². The Hall–Kier alpha value is -0.0800. The fraction of sp³-hybridized carbons (Fsp3) is 1.00. The van der Waals surface area contributed by atoms with Crippen LogP contribution in [0.15, 0.2) is 0 Å². The first kappa shape index (κ1) is 18.0. The molecule has 2 nitrogen and oxygen atoms in total. The summed E-state index contributed by atoms with van der Waals surface area (Å²) in [4.78, 5) is 2.67. The van der Waals surface area contributed by atoms with Crippen molar-refractivity contribution in [3.63, 3.8) is 0 Å². The Bertz CT molecular complexity index is 217. The lowest BCUT2D eigenvalue weighted by Crippen LogP contribution is -2.46. The summed E-state index contributed by atoms with van der Waals surface area (Å²) in [7, 11) is 0. The average Bonchev–Trinajstić information content (AvgIpc) is 2.50. The molecule has 2 unspecified atom stereocenters. The van der Waals surface area contributed by atoms with Crippen LogP contribution in [0, 0.1) is 5.92 Å². The van der Waals surface area contributed by atoms with E-state index in [0.717, 1.165) is 12.5 Å². The maximum Gasteiger partial charge on any atom is 0.0221 e. The van der Waals surface area contributed by atoms with Crippen molar-refractivity contribution in [2.45, 2.75) is 90.5 Å². The summed E-state index contributed by atoms with van der Waals surface area (Å²) in [6, 6.07) is 0.665. The van der Waals surface area contributed by atoms with Gasteiger partial charge in [0.05, 0.1) is 0 Å². The van der Waals surface area contributed by atoms with Crippen LogP contribution in [-0.4, -0.2) is 30.6 Å². The number of nitrogens with zero attached hydrogens (tertiary/aromatic N) is 1. The van der Waals surface area contributed by atoms with Crippen molar-refractivity contribution >= 4 is 0 Å². The number of rotatable bonds is 11. The van der Waals surface area contributed by atoms with E-state index < -0.39 is 0 Å². The van der Waals surface area contributed by atoms with Gasteiger partial charge in [-0.15, -0.1) is 0 Å². The zero-order chi connectivity index (χ0) is 14.6. The Balaban J connectivity index is 2.03. The van der Waals surface area contributed by atoms with Crippen LogP contribution in [0.4, 0.5) is 0 Å². The summed E-state index contributed by atoms with van der Waals surface area (Å²) in [5, 5.41) is 0. The summed E-state index contributed by atoms with van der Waals surface area (Å²) >= 11 is 0. The molecule has 1 saturated heterocycles. The molecule has 120 valence electrons. The smallest absolute Gasteiger partial charge is 0.0221 e. The summed E-state index contributed by atoms with van der Waals surface area (Å²) < 4.78 is 0. The molecule has 2 N–H and O–H groups in total. The SMILES string of the molecule is CCCCCCCCCCN1CCC(CC)CC1CN. The van der Waals surface area contributed by atoms with E-state index in [-0.39, 0.29) is 0 Å². The third kappa shape index (κ3) is 7.08. The van der Waals surface area contributed by atoms with Gasteiger partial charge < -0.3 is 5.73 Å². The van der Waals surface area contributed by atoms with Crippen molar-refractivity contribution in [2.24, 2.45) is 11.7 Å². The van der Waals surface area contributed by atoms with Gasteiger partial charge >= 0.3 is 0 Å². The van der Waals surface area contributed by atoms with Gasteiger partial charge in [-0.1, -0.05) is 65.2 Å². The molecule has 1 fully saturated rings. The molecule has 0 bridgehead atoms. The van der Waals surface area contributed by atoms with E-state index in [4.69, 9.17) is 5.73 Å². The van der Waals surface area contributed by atoms with Gasteiger partial charge in [-0.3, -0.25) is 4.90 Å². The third-order valence-corrected chi connectivity index (χ3v) is 5.09. The topological polar surface area (TPSA) is 29.3 Å². The Morgan fingerprint density at radius 2 is 1.60 bits per heavy atom. The van der Waals surface area contributed by atoms with E-state index in [1.54, 1.807) is 0 Å². The van der Waals surface area contributed by atoms with Crippen molar-refractivity contribution in [3.05, 3.63) is 0 Å². The minimum Gasteiger partial charge on any atom is -0.329 e. The first-order chi connectivity index (χ1) is 9.81. The van der Waals surface area contributed by atoms with Crippen molar-refractivity contribution in [1.29, 1.82) is 0 Å². The Morgan fingerprint density at radius 1 is 0.950 bits per heavy atom. The molecule has 0 aromatic rings. The second kappa shape index (κ2) is 11.6. The number of hydrogen-bond donors (Lipinski definition) is 1. The van der Waals surface area contributed by atoms with Crippen LogP contribution in [0.1, 0.15) is 84.5 Å². The molecule has 2 heteroatoms. The van der Waals surface area contributed by atoms with Gasteiger partial charge in [0.25, 0.3) is 0 Å². The number of unbranched alkanes of at least 4 members (excludes halogenated alkanes) is 7. The molecule has 1 heterocycles. The highest BCUT2D eigenvalue weighted by Crippen LogP contribution is 2.25. The summed E-state index contributed by atoms with van der Waals surface area (Å²) in [6.07, 6.45) is 15.4. The second-order valence-corrected chi connectivity index (χ2v) is 6.70. The fourth-order valence-electron chi connectivity index (χ4n) is 3.54. The molecule has 0 aromatic carbocycles. The number of hydrogen-bond acceptors (Lipinski definition) is 2. The predicted molar refractivity (Wildman–Crippen MR) is 90.0 cm³/mol. The van der Waals surface area contributed by atoms with E-state index in [2.05, 4.69) is 18.7 Å². The largest absolute Gasteiger partial charge is 0.329 e. The summed E-state index contributed by atoms with van der Waals surface area (Å²) in [6.45, 7) is 8.04. The lowest BCUT2D eigenvalue weighted by atomic mass is 9.88. The monoisotopic (exact) mass is 282 g/mol. The minimum atomic E-state index is 0.665. The second-order valence-electron chi connectivity index (χ2n) is 6.70.